The molecular weight excluding hydrogens is 248 g/mol. The SMILES string of the molecule is CC1CC(N)CN(c2c(C#N)cnc3ccccc23)C1. The van der Waals surface area contributed by atoms with E-state index in [-0.39, 0.29) is 6.04 Å². The Labute approximate surface area is 118 Å². The summed E-state index contributed by atoms with van der Waals surface area (Å²) in [5, 5.41) is 10.4. The van der Waals surface area contributed by atoms with Gasteiger partial charge in [-0.3, -0.25) is 4.98 Å². The minimum atomic E-state index is 0.164. The molecule has 0 radical (unpaired) electrons. The summed E-state index contributed by atoms with van der Waals surface area (Å²) in [5.41, 5.74) is 8.69. The Morgan fingerprint density at radius 1 is 1.35 bits per heavy atom. The Hall–Kier alpha value is -2.12. The monoisotopic (exact) mass is 266 g/mol. The van der Waals surface area contributed by atoms with E-state index in [1.807, 2.05) is 24.3 Å². The summed E-state index contributed by atoms with van der Waals surface area (Å²) in [6.45, 7) is 3.95. The number of hydrogen-bond acceptors (Lipinski definition) is 4. The number of aromatic nitrogens is 1. The molecule has 2 atom stereocenters. The molecule has 1 fully saturated rings. The zero-order valence-electron chi connectivity index (χ0n) is 11.6. The second-order valence-corrected chi connectivity index (χ2v) is 5.66. The largest absolute Gasteiger partial charge is 0.368 e. The van der Waals surface area contributed by atoms with Crippen molar-refractivity contribution in [1.82, 2.24) is 4.98 Å². The van der Waals surface area contributed by atoms with Gasteiger partial charge in [0.15, 0.2) is 0 Å². The number of piperidine rings is 1. The maximum Gasteiger partial charge on any atom is 0.103 e. The van der Waals surface area contributed by atoms with Crippen molar-refractivity contribution in [3.63, 3.8) is 0 Å². The van der Waals surface area contributed by atoms with E-state index in [2.05, 4.69) is 22.9 Å². The minimum absolute atomic E-state index is 0.164. The zero-order valence-corrected chi connectivity index (χ0v) is 11.6. The van der Waals surface area contributed by atoms with Gasteiger partial charge in [0.05, 0.1) is 16.8 Å². The van der Waals surface area contributed by atoms with Crippen molar-refractivity contribution >= 4 is 16.6 Å². The molecule has 0 aliphatic carbocycles. The molecule has 0 bridgehead atoms. The molecule has 2 heterocycles. The number of fused-ring (bicyclic) bond motifs is 1. The van der Waals surface area contributed by atoms with E-state index in [1.165, 1.54) is 0 Å². The van der Waals surface area contributed by atoms with Crippen molar-refractivity contribution in [2.24, 2.45) is 11.7 Å². The topological polar surface area (TPSA) is 65.9 Å². The molecule has 4 heteroatoms. The Morgan fingerprint density at radius 2 is 2.15 bits per heavy atom. The van der Waals surface area contributed by atoms with Crippen LogP contribution in [0.25, 0.3) is 10.9 Å². The lowest BCUT2D eigenvalue weighted by Crippen LogP contribution is -2.46. The van der Waals surface area contributed by atoms with E-state index < -0.39 is 0 Å². The van der Waals surface area contributed by atoms with Gasteiger partial charge in [0, 0.05) is 30.7 Å². The number of hydrogen-bond donors (Lipinski definition) is 1. The molecule has 1 aliphatic rings. The van der Waals surface area contributed by atoms with Crippen LogP contribution in [-0.4, -0.2) is 24.1 Å². The third-order valence-corrected chi connectivity index (χ3v) is 3.88. The first-order valence-corrected chi connectivity index (χ1v) is 6.97. The minimum Gasteiger partial charge on any atom is -0.368 e. The van der Waals surface area contributed by atoms with Gasteiger partial charge in [-0.05, 0) is 18.4 Å². The Bertz CT molecular complexity index is 664. The summed E-state index contributed by atoms with van der Waals surface area (Å²) in [6.07, 6.45) is 2.71. The highest BCUT2D eigenvalue weighted by molar-refractivity contribution is 5.94. The molecule has 4 nitrogen and oxygen atoms in total. The molecule has 102 valence electrons. The predicted octanol–water partition coefficient (Wildman–Crippen LogP) is 2.28. The van der Waals surface area contributed by atoms with E-state index in [4.69, 9.17) is 5.73 Å². The van der Waals surface area contributed by atoms with Gasteiger partial charge in [-0.25, -0.2) is 0 Å². The van der Waals surface area contributed by atoms with E-state index >= 15 is 0 Å². The van der Waals surface area contributed by atoms with Crippen LogP contribution in [0.2, 0.25) is 0 Å². The van der Waals surface area contributed by atoms with Gasteiger partial charge < -0.3 is 10.6 Å². The molecule has 0 saturated carbocycles. The van der Waals surface area contributed by atoms with Crippen LogP contribution in [0.5, 0.6) is 0 Å². The molecule has 2 aromatic rings. The molecule has 1 aromatic carbocycles. The first-order valence-electron chi connectivity index (χ1n) is 6.97. The van der Waals surface area contributed by atoms with E-state index in [0.717, 1.165) is 36.1 Å². The molecule has 3 rings (SSSR count). The van der Waals surface area contributed by atoms with Crippen LogP contribution in [0.3, 0.4) is 0 Å². The van der Waals surface area contributed by atoms with E-state index in [9.17, 15) is 5.26 Å². The Balaban J connectivity index is 2.16. The van der Waals surface area contributed by atoms with Crippen molar-refractivity contribution < 1.29 is 0 Å². The van der Waals surface area contributed by atoms with Crippen molar-refractivity contribution in [3.8, 4) is 6.07 Å². The number of anilines is 1. The van der Waals surface area contributed by atoms with Crippen LogP contribution in [0.15, 0.2) is 30.5 Å². The van der Waals surface area contributed by atoms with Crippen LogP contribution in [0.4, 0.5) is 5.69 Å². The lowest BCUT2D eigenvalue weighted by Gasteiger charge is -2.37. The maximum absolute atomic E-state index is 9.39. The van der Waals surface area contributed by atoms with Gasteiger partial charge in [0.2, 0.25) is 0 Å². The van der Waals surface area contributed by atoms with E-state index in [1.54, 1.807) is 6.20 Å². The molecule has 0 spiro atoms. The van der Waals surface area contributed by atoms with Crippen molar-refractivity contribution in [3.05, 3.63) is 36.0 Å². The summed E-state index contributed by atoms with van der Waals surface area (Å²) in [4.78, 5) is 6.62. The Kier molecular flexibility index (Phi) is 3.29. The predicted molar refractivity (Wildman–Crippen MR) is 80.4 cm³/mol. The molecule has 0 amide bonds. The molecule has 2 N–H and O–H groups in total. The Morgan fingerprint density at radius 3 is 2.90 bits per heavy atom. The zero-order chi connectivity index (χ0) is 14.1. The summed E-state index contributed by atoms with van der Waals surface area (Å²) in [6, 6.07) is 10.4. The first kappa shape index (κ1) is 12.9. The van der Waals surface area contributed by atoms with Crippen LogP contribution in [0.1, 0.15) is 18.9 Å². The van der Waals surface area contributed by atoms with Gasteiger partial charge in [-0.15, -0.1) is 0 Å². The van der Waals surface area contributed by atoms with Crippen molar-refractivity contribution in [2.45, 2.75) is 19.4 Å². The second-order valence-electron chi connectivity index (χ2n) is 5.66. The average Bonchev–Trinajstić information content (AvgIpc) is 2.45. The number of nitrogens with zero attached hydrogens (tertiary/aromatic N) is 3. The van der Waals surface area contributed by atoms with Crippen LogP contribution < -0.4 is 10.6 Å². The van der Waals surface area contributed by atoms with Gasteiger partial charge in [0.25, 0.3) is 0 Å². The standard InChI is InChI=1S/C16H18N4/c1-11-6-13(18)10-20(9-11)16-12(7-17)8-19-15-5-3-2-4-14(15)16/h2-5,8,11,13H,6,9-10,18H2,1H3. The number of para-hydroxylation sites is 1. The van der Waals surface area contributed by atoms with Gasteiger partial charge >= 0.3 is 0 Å². The molecule has 1 saturated heterocycles. The van der Waals surface area contributed by atoms with Gasteiger partial charge in [0.1, 0.15) is 6.07 Å². The average molecular weight is 266 g/mol. The summed E-state index contributed by atoms with van der Waals surface area (Å²) in [5.74, 6) is 0.539. The van der Waals surface area contributed by atoms with Gasteiger partial charge in [-0.2, -0.15) is 5.26 Å². The summed E-state index contributed by atoms with van der Waals surface area (Å²) in [7, 11) is 0. The first-order chi connectivity index (χ1) is 9.69. The smallest absolute Gasteiger partial charge is 0.103 e. The van der Waals surface area contributed by atoms with Crippen molar-refractivity contribution in [2.75, 3.05) is 18.0 Å². The molecule has 1 aromatic heterocycles. The van der Waals surface area contributed by atoms with Gasteiger partial charge in [-0.1, -0.05) is 25.1 Å². The van der Waals surface area contributed by atoms with Crippen LogP contribution >= 0.6 is 0 Å². The fourth-order valence-electron chi connectivity index (χ4n) is 3.13. The third kappa shape index (κ3) is 2.21. The fourth-order valence-corrected chi connectivity index (χ4v) is 3.13. The second kappa shape index (κ2) is 5.10. The molecule has 2 unspecified atom stereocenters. The highest BCUT2D eigenvalue weighted by atomic mass is 15.2. The highest BCUT2D eigenvalue weighted by Crippen LogP contribution is 2.32. The fraction of sp³-hybridized carbons (Fsp3) is 0.375. The van der Waals surface area contributed by atoms with Crippen molar-refractivity contribution in [1.29, 1.82) is 5.26 Å². The lowest BCUT2D eigenvalue weighted by atomic mass is 9.95. The number of rotatable bonds is 1. The highest BCUT2D eigenvalue weighted by Gasteiger charge is 2.25. The molecule has 1 aliphatic heterocycles. The molecule has 20 heavy (non-hydrogen) atoms. The maximum atomic E-state index is 9.39. The third-order valence-electron chi connectivity index (χ3n) is 3.88. The van der Waals surface area contributed by atoms with Crippen LogP contribution in [-0.2, 0) is 0 Å². The number of nitriles is 1. The quantitative estimate of drug-likeness (QED) is 0.860. The summed E-state index contributed by atoms with van der Waals surface area (Å²) < 4.78 is 0. The molecular formula is C16H18N4. The number of benzene rings is 1. The normalized spacial score (nSPS) is 22.8. The lowest BCUT2D eigenvalue weighted by molar-refractivity contribution is 0.402. The number of pyridine rings is 1. The number of nitrogens with two attached hydrogens (primary N) is 1. The van der Waals surface area contributed by atoms with E-state index in [0.29, 0.717) is 11.5 Å². The summed E-state index contributed by atoms with van der Waals surface area (Å²) >= 11 is 0. The van der Waals surface area contributed by atoms with Crippen LogP contribution in [0, 0.1) is 17.2 Å².